The van der Waals surface area contributed by atoms with Gasteiger partial charge in [0.2, 0.25) is 0 Å². The third kappa shape index (κ3) is 5.07. The zero-order chi connectivity index (χ0) is 12.0. The molecule has 2 N–H and O–H groups in total. The van der Waals surface area contributed by atoms with Crippen molar-refractivity contribution < 1.29 is 5.11 Å². The van der Waals surface area contributed by atoms with E-state index in [4.69, 9.17) is 5.11 Å². The zero-order valence-electron chi connectivity index (χ0n) is 11.0. The fourth-order valence-corrected chi connectivity index (χ4v) is 3.67. The molecule has 0 bridgehead atoms. The molecule has 0 radical (unpaired) electrons. The van der Waals surface area contributed by atoms with E-state index in [9.17, 15) is 0 Å². The van der Waals surface area contributed by atoms with Gasteiger partial charge in [-0.3, -0.25) is 0 Å². The Morgan fingerprint density at radius 1 is 1.50 bits per heavy atom. The molecule has 96 valence electrons. The average molecular weight is 245 g/mol. The summed E-state index contributed by atoms with van der Waals surface area (Å²) in [6.45, 7) is 8.32. The van der Waals surface area contributed by atoms with Gasteiger partial charge in [-0.15, -0.1) is 0 Å². The fraction of sp³-hybridized carbons (Fsp3) is 1.00. The van der Waals surface area contributed by atoms with Crippen molar-refractivity contribution in [2.75, 3.05) is 24.7 Å². The van der Waals surface area contributed by atoms with E-state index in [2.05, 4.69) is 37.8 Å². The minimum atomic E-state index is 0.325. The molecule has 2 atom stereocenters. The second-order valence-electron chi connectivity index (χ2n) is 5.78. The van der Waals surface area contributed by atoms with Gasteiger partial charge in [0.1, 0.15) is 0 Å². The SMILES string of the molecule is CCC(CCO)CNC1CSCC(C)(C)C1. The van der Waals surface area contributed by atoms with E-state index in [0.717, 1.165) is 19.4 Å². The van der Waals surface area contributed by atoms with Crippen LogP contribution in [0.15, 0.2) is 0 Å². The molecular formula is C13H27NOS. The van der Waals surface area contributed by atoms with E-state index in [1.807, 2.05) is 0 Å². The first-order chi connectivity index (χ1) is 7.57. The van der Waals surface area contributed by atoms with E-state index < -0.39 is 0 Å². The second kappa shape index (κ2) is 6.87. The fourth-order valence-electron chi connectivity index (χ4n) is 2.36. The monoisotopic (exact) mass is 245 g/mol. The van der Waals surface area contributed by atoms with E-state index in [1.165, 1.54) is 17.9 Å². The summed E-state index contributed by atoms with van der Waals surface area (Å²) in [6.07, 6.45) is 3.39. The molecule has 1 rings (SSSR count). The van der Waals surface area contributed by atoms with Crippen molar-refractivity contribution in [2.24, 2.45) is 11.3 Å². The minimum Gasteiger partial charge on any atom is -0.396 e. The summed E-state index contributed by atoms with van der Waals surface area (Å²) < 4.78 is 0. The first-order valence-corrected chi connectivity index (χ1v) is 7.65. The van der Waals surface area contributed by atoms with Crippen LogP contribution in [0.25, 0.3) is 0 Å². The normalized spacial score (nSPS) is 26.6. The van der Waals surface area contributed by atoms with E-state index in [-0.39, 0.29) is 0 Å². The molecular weight excluding hydrogens is 218 g/mol. The highest BCUT2D eigenvalue weighted by atomic mass is 32.2. The van der Waals surface area contributed by atoms with Gasteiger partial charge in [-0.05, 0) is 36.5 Å². The lowest BCUT2D eigenvalue weighted by Crippen LogP contribution is -2.42. The van der Waals surface area contributed by atoms with Crippen LogP contribution in [0.3, 0.4) is 0 Å². The van der Waals surface area contributed by atoms with Crippen molar-refractivity contribution in [3.05, 3.63) is 0 Å². The van der Waals surface area contributed by atoms with Crippen molar-refractivity contribution in [2.45, 2.75) is 46.1 Å². The van der Waals surface area contributed by atoms with Crippen LogP contribution in [0.2, 0.25) is 0 Å². The van der Waals surface area contributed by atoms with Crippen molar-refractivity contribution in [1.82, 2.24) is 5.32 Å². The average Bonchev–Trinajstić information content (AvgIpc) is 2.23. The van der Waals surface area contributed by atoms with Gasteiger partial charge in [0.15, 0.2) is 0 Å². The van der Waals surface area contributed by atoms with Crippen LogP contribution >= 0.6 is 11.8 Å². The number of aliphatic hydroxyl groups is 1. The van der Waals surface area contributed by atoms with Crippen molar-refractivity contribution in [1.29, 1.82) is 0 Å². The van der Waals surface area contributed by atoms with Crippen molar-refractivity contribution in [3.63, 3.8) is 0 Å². The standard InChI is InChI=1S/C13H27NOS/c1-4-11(5-6-15)8-14-12-7-13(2,3)10-16-9-12/h11-12,14-15H,4-10H2,1-3H3. The molecule has 0 aliphatic carbocycles. The van der Waals surface area contributed by atoms with Crippen LogP contribution < -0.4 is 5.32 Å². The lowest BCUT2D eigenvalue weighted by molar-refractivity contribution is 0.242. The number of rotatable bonds is 6. The molecule has 2 unspecified atom stereocenters. The van der Waals surface area contributed by atoms with Gasteiger partial charge in [0.25, 0.3) is 0 Å². The molecule has 0 saturated carbocycles. The van der Waals surface area contributed by atoms with Crippen LogP contribution in [-0.4, -0.2) is 35.8 Å². The molecule has 16 heavy (non-hydrogen) atoms. The Kier molecular flexibility index (Phi) is 6.16. The van der Waals surface area contributed by atoms with Crippen molar-refractivity contribution in [3.8, 4) is 0 Å². The summed E-state index contributed by atoms with van der Waals surface area (Å²) in [7, 11) is 0. The van der Waals surface area contributed by atoms with E-state index in [0.29, 0.717) is 24.0 Å². The Bertz CT molecular complexity index is 196. The predicted molar refractivity (Wildman–Crippen MR) is 73.0 cm³/mol. The van der Waals surface area contributed by atoms with Gasteiger partial charge in [-0.1, -0.05) is 27.2 Å². The Labute approximate surface area is 105 Å². The second-order valence-corrected chi connectivity index (χ2v) is 6.81. The first-order valence-electron chi connectivity index (χ1n) is 6.49. The van der Waals surface area contributed by atoms with Gasteiger partial charge in [0, 0.05) is 18.4 Å². The van der Waals surface area contributed by atoms with Gasteiger partial charge >= 0.3 is 0 Å². The number of nitrogens with one attached hydrogen (secondary N) is 1. The van der Waals surface area contributed by atoms with E-state index >= 15 is 0 Å². The number of thioether (sulfide) groups is 1. The molecule has 0 spiro atoms. The summed E-state index contributed by atoms with van der Waals surface area (Å²) in [5.74, 6) is 3.18. The number of aliphatic hydroxyl groups excluding tert-OH is 1. The predicted octanol–water partition coefficient (Wildman–Crippen LogP) is 2.52. The largest absolute Gasteiger partial charge is 0.396 e. The summed E-state index contributed by atoms with van der Waals surface area (Å²) in [6, 6.07) is 0.668. The van der Waals surface area contributed by atoms with Gasteiger partial charge in [0.05, 0.1) is 0 Å². The van der Waals surface area contributed by atoms with E-state index in [1.54, 1.807) is 0 Å². The molecule has 0 amide bonds. The topological polar surface area (TPSA) is 32.3 Å². The van der Waals surface area contributed by atoms with Crippen LogP contribution in [0.5, 0.6) is 0 Å². The maximum absolute atomic E-state index is 8.96. The van der Waals surface area contributed by atoms with Crippen LogP contribution in [0.4, 0.5) is 0 Å². The lowest BCUT2D eigenvalue weighted by Gasteiger charge is -2.35. The maximum atomic E-state index is 8.96. The molecule has 2 nitrogen and oxygen atoms in total. The Morgan fingerprint density at radius 2 is 2.25 bits per heavy atom. The third-order valence-electron chi connectivity index (χ3n) is 3.42. The van der Waals surface area contributed by atoms with Gasteiger partial charge in [-0.2, -0.15) is 11.8 Å². The van der Waals surface area contributed by atoms with Crippen LogP contribution in [-0.2, 0) is 0 Å². The highest BCUT2D eigenvalue weighted by Gasteiger charge is 2.28. The molecule has 1 fully saturated rings. The number of hydrogen-bond acceptors (Lipinski definition) is 3. The quantitative estimate of drug-likeness (QED) is 0.754. The Balaban J connectivity index is 2.26. The summed E-state index contributed by atoms with van der Waals surface area (Å²) in [5.41, 5.74) is 0.485. The summed E-state index contributed by atoms with van der Waals surface area (Å²) >= 11 is 2.07. The minimum absolute atomic E-state index is 0.325. The molecule has 1 aliphatic rings. The smallest absolute Gasteiger partial charge is 0.0434 e. The number of hydrogen-bond donors (Lipinski definition) is 2. The molecule has 0 aromatic rings. The van der Waals surface area contributed by atoms with Crippen LogP contribution in [0.1, 0.15) is 40.0 Å². The molecule has 1 saturated heterocycles. The molecule has 0 aromatic heterocycles. The highest BCUT2D eigenvalue weighted by molar-refractivity contribution is 7.99. The Morgan fingerprint density at radius 3 is 2.81 bits per heavy atom. The summed E-state index contributed by atoms with van der Waals surface area (Å²) in [5, 5.41) is 12.6. The Hall–Kier alpha value is 0.270. The van der Waals surface area contributed by atoms with Crippen molar-refractivity contribution >= 4 is 11.8 Å². The van der Waals surface area contributed by atoms with Crippen LogP contribution in [0, 0.1) is 11.3 Å². The molecule has 1 aliphatic heterocycles. The molecule has 1 heterocycles. The highest BCUT2D eigenvalue weighted by Crippen LogP contribution is 2.33. The molecule has 3 heteroatoms. The zero-order valence-corrected chi connectivity index (χ0v) is 11.8. The first kappa shape index (κ1) is 14.3. The third-order valence-corrected chi connectivity index (χ3v) is 5.04. The maximum Gasteiger partial charge on any atom is 0.0434 e. The molecule has 0 aromatic carbocycles. The summed E-state index contributed by atoms with van der Waals surface area (Å²) in [4.78, 5) is 0. The van der Waals surface area contributed by atoms with Gasteiger partial charge < -0.3 is 10.4 Å². The lowest BCUT2D eigenvalue weighted by atomic mass is 9.87. The van der Waals surface area contributed by atoms with Gasteiger partial charge in [-0.25, -0.2) is 0 Å².